The Morgan fingerprint density at radius 3 is 2.35 bits per heavy atom. The zero-order valence-corrected chi connectivity index (χ0v) is 18.1. The number of urea groups is 1. The first-order valence-electron chi connectivity index (χ1n) is 10.0. The maximum absolute atomic E-state index is 15.3. The third-order valence-corrected chi connectivity index (χ3v) is 5.30. The van der Waals surface area contributed by atoms with Crippen molar-refractivity contribution in [2.24, 2.45) is 0 Å². The smallest absolute Gasteiger partial charge is 0.316 e. The van der Waals surface area contributed by atoms with Gasteiger partial charge in [0.15, 0.2) is 11.8 Å². The predicted octanol–water partition coefficient (Wildman–Crippen LogP) is 2.90. The predicted molar refractivity (Wildman–Crippen MR) is 114 cm³/mol. The SMILES string of the molecule is CC1=CC(=O)C(NC(=O)NC(CC(=O)O)c2cc(F)cc(-c3ccc(F)cc3)c2F)C(=O)N1C. The average molecular weight is 475 g/mol. The molecular formula is C23H20F3N3O5. The van der Waals surface area contributed by atoms with E-state index in [1.807, 2.05) is 0 Å². The van der Waals surface area contributed by atoms with Gasteiger partial charge in [0.25, 0.3) is 5.91 Å². The van der Waals surface area contributed by atoms with Gasteiger partial charge in [-0.15, -0.1) is 0 Å². The van der Waals surface area contributed by atoms with Gasteiger partial charge in [0.1, 0.15) is 17.5 Å². The monoisotopic (exact) mass is 475 g/mol. The summed E-state index contributed by atoms with van der Waals surface area (Å²) in [4.78, 5) is 49.5. The molecule has 0 fully saturated rings. The van der Waals surface area contributed by atoms with Gasteiger partial charge in [-0.3, -0.25) is 14.4 Å². The van der Waals surface area contributed by atoms with Gasteiger partial charge in [0.05, 0.1) is 12.5 Å². The fourth-order valence-corrected chi connectivity index (χ4v) is 3.46. The topological polar surface area (TPSA) is 116 Å². The minimum Gasteiger partial charge on any atom is -0.481 e. The number of carbonyl (C=O) groups excluding carboxylic acids is 3. The van der Waals surface area contributed by atoms with Crippen molar-refractivity contribution in [3.63, 3.8) is 0 Å². The lowest BCUT2D eigenvalue weighted by Gasteiger charge is -2.28. The molecule has 2 aromatic carbocycles. The number of aliphatic carboxylic acids is 1. The van der Waals surface area contributed by atoms with Gasteiger partial charge in [0.2, 0.25) is 0 Å². The molecule has 11 heteroatoms. The molecule has 0 saturated heterocycles. The van der Waals surface area contributed by atoms with E-state index in [0.717, 1.165) is 35.2 Å². The third kappa shape index (κ3) is 5.25. The highest BCUT2D eigenvalue weighted by Gasteiger charge is 2.35. The van der Waals surface area contributed by atoms with Crippen molar-refractivity contribution in [1.82, 2.24) is 15.5 Å². The van der Waals surface area contributed by atoms with Crippen LogP contribution in [0.3, 0.4) is 0 Å². The second-order valence-corrected chi connectivity index (χ2v) is 7.65. The van der Waals surface area contributed by atoms with E-state index in [-0.39, 0.29) is 11.1 Å². The molecule has 34 heavy (non-hydrogen) atoms. The Kier molecular flexibility index (Phi) is 7.04. The van der Waals surface area contributed by atoms with E-state index in [2.05, 4.69) is 10.6 Å². The van der Waals surface area contributed by atoms with Crippen LogP contribution in [0, 0.1) is 17.5 Å². The number of amides is 3. The molecule has 178 valence electrons. The molecule has 0 aromatic heterocycles. The molecule has 0 radical (unpaired) electrons. The number of carboxylic acid groups (broad SMARTS) is 1. The normalized spacial score (nSPS) is 16.7. The van der Waals surface area contributed by atoms with Gasteiger partial charge >= 0.3 is 12.0 Å². The second kappa shape index (κ2) is 9.77. The van der Waals surface area contributed by atoms with E-state index in [9.17, 15) is 33.1 Å². The van der Waals surface area contributed by atoms with Crippen LogP contribution in [0.25, 0.3) is 11.1 Å². The van der Waals surface area contributed by atoms with Gasteiger partial charge in [-0.25, -0.2) is 18.0 Å². The van der Waals surface area contributed by atoms with Crippen LogP contribution in [0.5, 0.6) is 0 Å². The molecule has 0 saturated carbocycles. The first-order chi connectivity index (χ1) is 16.0. The molecule has 8 nitrogen and oxygen atoms in total. The molecule has 2 atom stereocenters. The first kappa shape index (κ1) is 24.5. The fourth-order valence-electron chi connectivity index (χ4n) is 3.46. The van der Waals surface area contributed by atoms with E-state index in [0.29, 0.717) is 5.70 Å². The number of allylic oxidation sites excluding steroid dienone is 1. The molecule has 0 bridgehead atoms. The van der Waals surface area contributed by atoms with Crippen molar-refractivity contribution < 1.29 is 37.5 Å². The summed E-state index contributed by atoms with van der Waals surface area (Å²) in [5.74, 6) is -5.38. The van der Waals surface area contributed by atoms with Crippen molar-refractivity contribution >= 4 is 23.7 Å². The van der Waals surface area contributed by atoms with E-state index in [1.165, 1.54) is 26.1 Å². The fraction of sp³-hybridized carbons (Fsp3) is 0.217. The van der Waals surface area contributed by atoms with E-state index in [4.69, 9.17) is 0 Å². The molecule has 2 aromatic rings. The standard InChI is InChI=1S/C23H20F3N3O5/c1-11-7-18(30)21(22(33)29(11)2)28-23(34)27-17(10-19(31)32)16-9-14(25)8-15(20(16)26)12-3-5-13(24)6-4-12/h3-9,17,21H,10H2,1-2H3,(H,31,32)(H2,27,28,34). The highest BCUT2D eigenvalue weighted by atomic mass is 19.1. The van der Waals surface area contributed by atoms with Crippen LogP contribution >= 0.6 is 0 Å². The zero-order valence-electron chi connectivity index (χ0n) is 18.1. The lowest BCUT2D eigenvalue weighted by atomic mass is 9.96. The number of ketones is 1. The third-order valence-electron chi connectivity index (χ3n) is 5.30. The molecule has 3 amide bonds. The molecular weight excluding hydrogens is 455 g/mol. The van der Waals surface area contributed by atoms with Crippen LogP contribution in [-0.4, -0.2) is 46.8 Å². The van der Waals surface area contributed by atoms with Crippen molar-refractivity contribution in [3.05, 3.63) is 71.2 Å². The number of nitrogens with zero attached hydrogens (tertiary/aromatic N) is 1. The minimum atomic E-state index is -1.56. The molecule has 1 heterocycles. The van der Waals surface area contributed by atoms with Crippen LogP contribution in [0.15, 0.2) is 48.2 Å². The number of halogens is 3. The number of likely N-dealkylation sites (N-methyl/N-ethyl adjacent to an activating group) is 1. The summed E-state index contributed by atoms with van der Waals surface area (Å²) < 4.78 is 42.9. The van der Waals surface area contributed by atoms with Gasteiger partial charge in [-0.2, -0.15) is 0 Å². The number of rotatable bonds is 6. The van der Waals surface area contributed by atoms with Crippen LogP contribution in [0.2, 0.25) is 0 Å². The Morgan fingerprint density at radius 2 is 1.74 bits per heavy atom. The number of hydrogen-bond acceptors (Lipinski definition) is 4. The number of carboxylic acids is 1. The van der Waals surface area contributed by atoms with Crippen LogP contribution in [-0.2, 0) is 14.4 Å². The molecule has 0 aliphatic carbocycles. The summed E-state index contributed by atoms with van der Waals surface area (Å²) in [5.41, 5.74) is -0.257. The Hall–Kier alpha value is -4.15. The molecule has 1 aliphatic heterocycles. The lowest BCUT2D eigenvalue weighted by molar-refractivity contribution is -0.138. The quantitative estimate of drug-likeness (QED) is 0.556. The van der Waals surface area contributed by atoms with E-state index < -0.39 is 65.2 Å². The Morgan fingerprint density at radius 1 is 1.09 bits per heavy atom. The minimum absolute atomic E-state index is 0.127. The second-order valence-electron chi connectivity index (χ2n) is 7.65. The van der Waals surface area contributed by atoms with Crippen LogP contribution in [0.1, 0.15) is 24.9 Å². The van der Waals surface area contributed by atoms with E-state index in [1.54, 1.807) is 0 Å². The molecule has 2 unspecified atom stereocenters. The van der Waals surface area contributed by atoms with Crippen molar-refractivity contribution in [1.29, 1.82) is 0 Å². The molecule has 1 aliphatic rings. The van der Waals surface area contributed by atoms with Crippen LogP contribution < -0.4 is 10.6 Å². The Labute approximate surface area is 192 Å². The Balaban J connectivity index is 1.91. The highest BCUT2D eigenvalue weighted by Crippen LogP contribution is 2.31. The zero-order chi connectivity index (χ0) is 25.2. The number of carbonyl (C=O) groups is 4. The summed E-state index contributed by atoms with van der Waals surface area (Å²) in [6.45, 7) is 1.53. The average Bonchev–Trinajstić information content (AvgIpc) is 2.76. The summed E-state index contributed by atoms with van der Waals surface area (Å²) >= 11 is 0. The summed E-state index contributed by atoms with van der Waals surface area (Å²) in [6.07, 6.45) is 0.324. The summed E-state index contributed by atoms with van der Waals surface area (Å²) in [6, 6.07) is 1.86. The van der Waals surface area contributed by atoms with Crippen LogP contribution in [0.4, 0.5) is 18.0 Å². The maximum atomic E-state index is 15.3. The number of nitrogens with one attached hydrogen (secondary N) is 2. The number of hydrogen-bond donors (Lipinski definition) is 3. The summed E-state index contributed by atoms with van der Waals surface area (Å²) in [7, 11) is 1.40. The largest absolute Gasteiger partial charge is 0.481 e. The summed E-state index contributed by atoms with van der Waals surface area (Å²) in [5, 5.41) is 13.6. The highest BCUT2D eigenvalue weighted by molar-refractivity contribution is 6.14. The first-order valence-corrected chi connectivity index (χ1v) is 10.0. The maximum Gasteiger partial charge on any atom is 0.316 e. The van der Waals surface area contributed by atoms with Crippen molar-refractivity contribution in [2.45, 2.75) is 25.4 Å². The van der Waals surface area contributed by atoms with Gasteiger partial charge in [0, 0.05) is 29.9 Å². The van der Waals surface area contributed by atoms with Gasteiger partial charge < -0.3 is 20.6 Å². The van der Waals surface area contributed by atoms with E-state index >= 15 is 4.39 Å². The van der Waals surface area contributed by atoms with Gasteiger partial charge in [-0.05, 0) is 36.8 Å². The molecule has 0 spiro atoms. The van der Waals surface area contributed by atoms with Crippen molar-refractivity contribution in [3.8, 4) is 11.1 Å². The molecule has 3 rings (SSSR count). The molecule has 3 N–H and O–H groups in total. The number of benzene rings is 2. The van der Waals surface area contributed by atoms with Crippen molar-refractivity contribution in [2.75, 3.05) is 7.05 Å². The Bertz CT molecular complexity index is 1200. The lowest BCUT2D eigenvalue weighted by Crippen LogP contribution is -2.56. The van der Waals surface area contributed by atoms with Gasteiger partial charge in [-0.1, -0.05) is 12.1 Å².